The van der Waals surface area contributed by atoms with E-state index in [2.05, 4.69) is 16.3 Å². The molecule has 3 rings (SSSR count). The third-order valence-electron chi connectivity index (χ3n) is 4.71. The number of nitrogens with one attached hydrogen (secondary N) is 2. The van der Waals surface area contributed by atoms with Gasteiger partial charge in [-0.2, -0.15) is 0 Å². The number of para-hydroxylation sites is 2. The van der Waals surface area contributed by atoms with Crippen LogP contribution in [0, 0.1) is 0 Å². The molecule has 2 N–H and O–H groups in total. The first-order valence-corrected chi connectivity index (χ1v) is 9.26. The maximum atomic E-state index is 12.2. The number of hydrogen-bond acceptors (Lipinski definition) is 3. The molecule has 1 aliphatic heterocycles. The highest BCUT2D eigenvalue weighted by molar-refractivity contribution is 6.30. The minimum absolute atomic E-state index is 0.0840. The van der Waals surface area contributed by atoms with Crippen molar-refractivity contribution in [3.63, 3.8) is 0 Å². The first-order valence-electron chi connectivity index (χ1n) is 8.88. The van der Waals surface area contributed by atoms with E-state index >= 15 is 0 Å². The molecule has 1 aliphatic rings. The number of methoxy groups -OCH3 is 1. The third-order valence-corrected chi connectivity index (χ3v) is 4.96. The second-order valence-electron chi connectivity index (χ2n) is 6.49. The van der Waals surface area contributed by atoms with E-state index in [4.69, 9.17) is 16.3 Å². The van der Waals surface area contributed by atoms with Crippen LogP contribution in [-0.4, -0.2) is 45.7 Å². The molecule has 0 aliphatic carbocycles. The lowest BCUT2D eigenvalue weighted by atomic mass is 10.2. The normalized spacial score (nSPS) is 14.9. The van der Waals surface area contributed by atoms with E-state index in [1.165, 1.54) is 4.90 Å². The van der Waals surface area contributed by atoms with Crippen LogP contribution >= 0.6 is 11.6 Å². The van der Waals surface area contributed by atoms with Crippen molar-refractivity contribution >= 4 is 23.2 Å². The number of quaternary nitrogens is 1. The van der Waals surface area contributed by atoms with Gasteiger partial charge in [0, 0.05) is 11.6 Å². The van der Waals surface area contributed by atoms with Crippen molar-refractivity contribution in [2.75, 3.05) is 44.7 Å². The van der Waals surface area contributed by atoms with Gasteiger partial charge in [0.05, 0.1) is 39.0 Å². The molecule has 26 heavy (non-hydrogen) atoms. The predicted octanol–water partition coefficient (Wildman–Crippen LogP) is 1.37. The summed E-state index contributed by atoms with van der Waals surface area (Å²) in [5, 5.41) is 3.70. The van der Waals surface area contributed by atoms with Crippen LogP contribution in [0.2, 0.25) is 5.02 Å². The van der Waals surface area contributed by atoms with Gasteiger partial charge < -0.3 is 19.9 Å². The summed E-state index contributed by atoms with van der Waals surface area (Å²) in [6.45, 7) is 4.75. The number of rotatable bonds is 6. The van der Waals surface area contributed by atoms with Gasteiger partial charge in [-0.05, 0) is 29.8 Å². The Morgan fingerprint density at radius 1 is 1.15 bits per heavy atom. The van der Waals surface area contributed by atoms with Crippen LogP contribution in [0.3, 0.4) is 0 Å². The monoisotopic (exact) mass is 374 g/mol. The van der Waals surface area contributed by atoms with Crippen LogP contribution in [-0.2, 0) is 11.3 Å². The highest BCUT2D eigenvalue weighted by Crippen LogP contribution is 2.27. The second-order valence-corrected chi connectivity index (χ2v) is 6.93. The molecule has 5 nitrogen and oxygen atoms in total. The van der Waals surface area contributed by atoms with Crippen molar-refractivity contribution in [3.05, 3.63) is 59.1 Å². The van der Waals surface area contributed by atoms with Gasteiger partial charge in [0.2, 0.25) is 0 Å². The van der Waals surface area contributed by atoms with Gasteiger partial charge in [-0.15, -0.1) is 0 Å². The number of hydrogen-bond donors (Lipinski definition) is 2. The fraction of sp³-hybridized carbons (Fsp3) is 0.350. The molecule has 138 valence electrons. The van der Waals surface area contributed by atoms with Crippen LogP contribution in [0.15, 0.2) is 48.5 Å². The SMILES string of the molecule is COc1ccccc1N1CC[NH+](CC(=O)NCc2ccc(Cl)cc2)CC1. The maximum Gasteiger partial charge on any atom is 0.275 e. The summed E-state index contributed by atoms with van der Waals surface area (Å²) < 4.78 is 5.45. The van der Waals surface area contributed by atoms with E-state index < -0.39 is 0 Å². The number of piperazine rings is 1. The molecule has 1 amide bonds. The van der Waals surface area contributed by atoms with Crippen molar-refractivity contribution in [1.29, 1.82) is 0 Å². The quantitative estimate of drug-likeness (QED) is 0.802. The van der Waals surface area contributed by atoms with Crippen molar-refractivity contribution in [2.45, 2.75) is 6.54 Å². The van der Waals surface area contributed by atoms with Gasteiger partial charge in [0.25, 0.3) is 5.91 Å². The number of carbonyl (C=O) groups excluding carboxylic acids is 1. The highest BCUT2D eigenvalue weighted by Gasteiger charge is 2.23. The van der Waals surface area contributed by atoms with E-state index in [-0.39, 0.29) is 5.91 Å². The average molecular weight is 375 g/mol. The fourth-order valence-corrected chi connectivity index (χ4v) is 3.35. The molecule has 0 bridgehead atoms. The molecule has 1 saturated heterocycles. The van der Waals surface area contributed by atoms with E-state index in [0.29, 0.717) is 18.1 Å². The minimum Gasteiger partial charge on any atom is -0.495 e. The number of amides is 1. The summed E-state index contributed by atoms with van der Waals surface area (Å²) in [7, 11) is 1.70. The summed E-state index contributed by atoms with van der Waals surface area (Å²) in [5.41, 5.74) is 2.18. The molecule has 0 aromatic heterocycles. The van der Waals surface area contributed by atoms with Crippen molar-refractivity contribution in [2.24, 2.45) is 0 Å². The Morgan fingerprint density at radius 3 is 2.54 bits per heavy atom. The Balaban J connectivity index is 1.44. The highest BCUT2D eigenvalue weighted by atomic mass is 35.5. The van der Waals surface area contributed by atoms with Gasteiger partial charge in [-0.25, -0.2) is 0 Å². The molecular weight excluding hydrogens is 350 g/mol. The summed E-state index contributed by atoms with van der Waals surface area (Å²) >= 11 is 5.88. The number of ether oxygens (including phenoxy) is 1. The van der Waals surface area contributed by atoms with Crippen LogP contribution in [0.25, 0.3) is 0 Å². The van der Waals surface area contributed by atoms with Gasteiger partial charge >= 0.3 is 0 Å². The Hall–Kier alpha value is -2.24. The largest absolute Gasteiger partial charge is 0.495 e. The molecule has 0 radical (unpaired) electrons. The molecule has 6 heteroatoms. The molecular formula is C20H25ClN3O2+. The zero-order chi connectivity index (χ0) is 18.4. The number of nitrogens with zero attached hydrogens (tertiary/aromatic N) is 1. The molecule has 2 aromatic carbocycles. The van der Waals surface area contributed by atoms with Crippen LogP contribution < -0.4 is 19.9 Å². The van der Waals surface area contributed by atoms with Gasteiger partial charge in [-0.3, -0.25) is 4.79 Å². The molecule has 0 atom stereocenters. The van der Waals surface area contributed by atoms with Crippen LogP contribution in [0.4, 0.5) is 5.69 Å². The van der Waals surface area contributed by atoms with E-state index in [9.17, 15) is 4.79 Å². The van der Waals surface area contributed by atoms with Crippen LogP contribution in [0.5, 0.6) is 5.75 Å². The van der Waals surface area contributed by atoms with E-state index in [1.54, 1.807) is 7.11 Å². The zero-order valence-corrected chi connectivity index (χ0v) is 15.8. The lowest BCUT2D eigenvalue weighted by molar-refractivity contribution is -0.892. The molecule has 0 unspecified atom stereocenters. The van der Waals surface area contributed by atoms with Gasteiger partial charge in [0.1, 0.15) is 5.75 Å². The van der Waals surface area contributed by atoms with Crippen molar-refractivity contribution in [1.82, 2.24) is 5.32 Å². The molecule has 0 spiro atoms. The summed E-state index contributed by atoms with van der Waals surface area (Å²) in [6.07, 6.45) is 0. The molecule has 2 aromatic rings. The average Bonchev–Trinajstić information content (AvgIpc) is 2.68. The van der Waals surface area contributed by atoms with Gasteiger partial charge in [0.15, 0.2) is 6.54 Å². The lowest BCUT2D eigenvalue weighted by Crippen LogP contribution is -3.15. The smallest absolute Gasteiger partial charge is 0.275 e. The zero-order valence-electron chi connectivity index (χ0n) is 15.0. The summed E-state index contributed by atoms with van der Waals surface area (Å²) in [5.74, 6) is 0.984. The molecule has 1 fully saturated rings. The topological polar surface area (TPSA) is 46.0 Å². The number of anilines is 1. The van der Waals surface area contributed by atoms with E-state index in [0.717, 1.165) is 43.2 Å². The second kappa shape index (κ2) is 8.92. The number of halogens is 1. The Kier molecular flexibility index (Phi) is 6.36. The van der Waals surface area contributed by atoms with Gasteiger partial charge in [-0.1, -0.05) is 35.9 Å². The maximum absolute atomic E-state index is 12.2. The third kappa shape index (κ3) is 4.90. The summed E-state index contributed by atoms with van der Waals surface area (Å²) in [4.78, 5) is 15.8. The van der Waals surface area contributed by atoms with Crippen molar-refractivity contribution < 1.29 is 14.4 Å². The first kappa shape index (κ1) is 18.5. The van der Waals surface area contributed by atoms with Crippen molar-refractivity contribution in [3.8, 4) is 5.75 Å². The lowest BCUT2D eigenvalue weighted by Gasteiger charge is -2.34. The molecule has 1 heterocycles. The Labute approximate surface area is 159 Å². The van der Waals surface area contributed by atoms with Crippen LogP contribution in [0.1, 0.15) is 5.56 Å². The fourth-order valence-electron chi connectivity index (χ4n) is 3.22. The predicted molar refractivity (Wildman–Crippen MR) is 104 cm³/mol. The minimum atomic E-state index is 0.0840. The Bertz CT molecular complexity index is 728. The van der Waals surface area contributed by atoms with E-state index in [1.807, 2.05) is 42.5 Å². The first-order chi connectivity index (χ1) is 12.7. The standard InChI is InChI=1S/C20H24ClN3O2/c1-26-19-5-3-2-4-18(19)24-12-10-23(11-13-24)15-20(25)22-14-16-6-8-17(21)9-7-16/h2-9H,10-15H2,1H3,(H,22,25)/p+1. The molecule has 0 saturated carbocycles. The Morgan fingerprint density at radius 2 is 1.85 bits per heavy atom. The number of benzene rings is 2. The summed E-state index contributed by atoms with van der Waals surface area (Å²) in [6, 6.07) is 15.6. The number of carbonyl (C=O) groups is 1.